The number of fused-ring (bicyclic) bond motifs is 15. The molecule has 364 valence electrons. The first kappa shape index (κ1) is 43.5. The normalized spacial score (nSPS) is 12.1. The first-order valence-corrected chi connectivity index (χ1v) is 28.2. The Kier molecular flexibility index (Phi) is 9.42. The van der Waals surface area contributed by atoms with E-state index in [1.54, 1.807) is 0 Å². The molecule has 6 heteroatoms. The van der Waals surface area contributed by atoms with Gasteiger partial charge in [0, 0.05) is 64.5 Å². The molecule has 0 N–H and O–H groups in total. The van der Waals surface area contributed by atoms with Gasteiger partial charge in [-0.15, -0.1) is 22.7 Å². The second kappa shape index (κ2) is 16.9. The molecule has 0 aliphatic rings. The van der Waals surface area contributed by atoms with Gasteiger partial charge in [-0.1, -0.05) is 164 Å². The van der Waals surface area contributed by atoms with E-state index in [2.05, 4.69) is 285 Å². The molecule has 0 bridgehead atoms. The van der Waals surface area contributed by atoms with Gasteiger partial charge in [0.05, 0.1) is 53.5 Å². The summed E-state index contributed by atoms with van der Waals surface area (Å²) in [5.41, 5.74) is 21.4. The topological polar surface area (TPSA) is 19.7 Å². The van der Waals surface area contributed by atoms with Crippen molar-refractivity contribution in [3.63, 3.8) is 0 Å². The van der Waals surface area contributed by atoms with Gasteiger partial charge in [0.25, 0.3) is 0 Å². The predicted molar refractivity (Wildman–Crippen MR) is 333 cm³/mol. The van der Waals surface area contributed by atoms with Crippen LogP contribution in [0, 0.1) is 0 Å². The fourth-order valence-corrected chi connectivity index (χ4v) is 15.2. The van der Waals surface area contributed by atoms with Crippen molar-refractivity contribution in [2.45, 2.75) is 0 Å². The standard InChI is InChI=1S/C72H44N4S2/c1-2-16-51(17-3-1)73-61-24-10-4-18-55(61)68-67(73)56-19-5-11-25-62(56)74(68)52-36-30-45(31-37-52)48-42-49(46-32-38-53(39-33-46)75-63-26-12-6-20-57(63)71-69(75)59-22-8-14-28-65(59)77-71)44-50(43-48)47-34-40-54(41-35-47)76-64-27-13-7-21-58(64)72-70(76)60-23-9-15-29-66(60)78-72/h1-44H. The number of nitrogens with zero attached hydrogens (tertiary/aromatic N) is 4. The molecule has 17 rings (SSSR count). The van der Waals surface area contributed by atoms with E-state index in [0.717, 1.165) is 33.9 Å². The van der Waals surface area contributed by atoms with Gasteiger partial charge >= 0.3 is 0 Å². The first-order valence-electron chi connectivity index (χ1n) is 26.6. The van der Waals surface area contributed by atoms with Crippen LogP contribution in [-0.4, -0.2) is 18.3 Å². The molecule has 0 fully saturated rings. The lowest BCUT2D eigenvalue weighted by molar-refractivity contribution is 1.17. The highest BCUT2D eigenvalue weighted by Crippen LogP contribution is 2.46. The zero-order valence-corrected chi connectivity index (χ0v) is 43.6. The lowest BCUT2D eigenvalue weighted by Crippen LogP contribution is -1.95. The molecule has 6 aromatic heterocycles. The Labute approximate surface area is 456 Å². The fourth-order valence-electron chi connectivity index (χ4n) is 12.7. The molecule has 0 unspecified atom stereocenters. The van der Waals surface area contributed by atoms with Crippen LogP contribution in [0.1, 0.15) is 0 Å². The van der Waals surface area contributed by atoms with Crippen LogP contribution in [0.25, 0.3) is 151 Å². The lowest BCUT2D eigenvalue weighted by Gasteiger charge is -2.14. The molecule has 0 aliphatic carbocycles. The third-order valence-corrected chi connectivity index (χ3v) is 18.5. The van der Waals surface area contributed by atoms with Gasteiger partial charge in [-0.05, 0) is 137 Å². The lowest BCUT2D eigenvalue weighted by atomic mass is 9.93. The van der Waals surface area contributed by atoms with E-state index in [-0.39, 0.29) is 0 Å². The second-order valence-corrected chi connectivity index (χ2v) is 22.5. The number of para-hydroxylation sites is 5. The summed E-state index contributed by atoms with van der Waals surface area (Å²) in [6.45, 7) is 0. The highest BCUT2D eigenvalue weighted by atomic mass is 32.1. The minimum absolute atomic E-state index is 1.12. The summed E-state index contributed by atoms with van der Waals surface area (Å²) in [4.78, 5) is 0. The second-order valence-electron chi connectivity index (χ2n) is 20.4. The maximum absolute atomic E-state index is 2.46. The summed E-state index contributed by atoms with van der Waals surface area (Å²) in [5, 5.41) is 7.61. The van der Waals surface area contributed by atoms with Crippen molar-refractivity contribution in [2.24, 2.45) is 0 Å². The van der Waals surface area contributed by atoms with Crippen molar-refractivity contribution in [1.82, 2.24) is 18.3 Å². The third kappa shape index (κ3) is 6.39. The molecular weight excluding hydrogens is 985 g/mol. The van der Waals surface area contributed by atoms with Crippen LogP contribution in [0.5, 0.6) is 0 Å². The number of hydrogen-bond acceptors (Lipinski definition) is 2. The van der Waals surface area contributed by atoms with Gasteiger partial charge < -0.3 is 18.3 Å². The summed E-state index contributed by atoms with van der Waals surface area (Å²) >= 11 is 3.77. The number of rotatable bonds is 7. The molecule has 4 nitrogen and oxygen atoms in total. The fraction of sp³-hybridized carbons (Fsp3) is 0. The Bertz CT molecular complexity index is 5010. The van der Waals surface area contributed by atoms with E-state index in [1.807, 2.05) is 22.7 Å². The molecule has 0 amide bonds. The van der Waals surface area contributed by atoms with Crippen LogP contribution in [0.2, 0.25) is 0 Å². The summed E-state index contributed by atoms with van der Waals surface area (Å²) in [5.74, 6) is 0. The molecule has 0 spiro atoms. The summed E-state index contributed by atoms with van der Waals surface area (Å²) in [7, 11) is 0. The molecule has 0 radical (unpaired) electrons. The minimum atomic E-state index is 1.12. The minimum Gasteiger partial charge on any atom is -0.308 e. The number of aromatic nitrogens is 4. The van der Waals surface area contributed by atoms with Crippen LogP contribution in [0.15, 0.2) is 267 Å². The van der Waals surface area contributed by atoms with E-state index in [1.165, 1.54) is 118 Å². The van der Waals surface area contributed by atoms with Crippen LogP contribution in [-0.2, 0) is 0 Å². The number of hydrogen-bond donors (Lipinski definition) is 0. The van der Waals surface area contributed by atoms with E-state index >= 15 is 0 Å². The average Bonchev–Trinajstić information content (AvgIpc) is 4.36. The number of thiophene rings is 2. The zero-order valence-electron chi connectivity index (χ0n) is 42.0. The summed E-state index contributed by atoms with van der Waals surface area (Å²) in [6.07, 6.45) is 0. The van der Waals surface area contributed by atoms with Crippen LogP contribution < -0.4 is 0 Å². The van der Waals surface area contributed by atoms with Gasteiger partial charge in [-0.25, -0.2) is 0 Å². The highest BCUT2D eigenvalue weighted by Gasteiger charge is 2.23. The van der Waals surface area contributed by atoms with Crippen molar-refractivity contribution in [3.05, 3.63) is 267 Å². The Morgan fingerprint density at radius 2 is 0.487 bits per heavy atom. The molecule has 0 aliphatic heterocycles. The van der Waals surface area contributed by atoms with Gasteiger partial charge in [-0.3, -0.25) is 0 Å². The average molecular weight is 1030 g/mol. The molecule has 11 aromatic carbocycles. The maximum atomic E-state index is 2.46. The Morgan fingerprint density at radius 1 is 0.205 bits per heavy atom. The Hall–Kier alpha value is -9.72. The van der Waals surface area contributed by atoms with Crippen LogP contribution in [0.4, 0.5) is 0 Å². The van der Waals surface area contributed by atoms with E-state index in [9.17, 15) is 0 Å². The smallest absolute Gasteiger partial charge is 0.0803 e. The van der Waals surface area contributed by atoms with Gasteiger partial charge in [0.1, 0.15) is 0 Å². The largest absolute Gasteiger partial charge is 0.308 e. The molecular formula is C72H44N4S2. The zero-order chi connectivity index (χ0) is 51.0. The van der Waals surface area contributed by atoms with Gasteiger partial charge in [0.15, 0.2) is 0 Å². The number of benzene rings is 11. The van der Waals surface area contributed by atoms with Gasteiger partial charge in [-0.2, -0.15) is 0 Å². The molecule has 6 heterocycles. The van der Waals surface area contributed by atoms with Crippen molar-refractivity contribution >= 4 is 118 Å². The molecule has 78 heavy (non-hydrogen) atoms. The third-order valence-electron chi connectivity index (χ3n) is 16.2. The quantitative estimate of drug-likeness (QED) is 0.152. The van der Waals surface area contributed by atoms with Gasteiger partial charge in [0.2, 0.25) is 0 Å². The maximum Gasteiger partial charge on any atom is 0.0803 e. The molecule has 0 saturated heterocycles. The summed E-state index contributed by atoms with van der Waals surface area (Å²) < 4.78 is 15.1. The highest BCUT2D eigenvalue weighted by molar-refractivity contribution is 7.27. The van der Waals surface area contributed by atoms with Crippen LogP contribution in [0.3, 0.4) is 0 Å². The SMILES string of the molecule is c1ccc(-n2c3ccccc3c3c2c2ccccc2n3-c2ccc(-c3cc(-c4ccc(-n5c6ccccc6c6sc7ccccc7c65)cc4)cc(-c4ccc(-n5c6ccccc6c6sc7ccccc7c65)cc4)c3)cc2)cc1. The monoisotopic (exact) mass is 1030 g/mol. The van der Waals surface area contributed by atoms with Crippen molar-refractivity contribution < 1.29 is 0 Å². The van der Waals surface area contributed by atoms with E-state index < -0.39 is 0 Å². The van der Waals surface area contributed by atoms with E-state index in [4.69, 9.17) is 0 Å². The Balaban J connectivity index is 0.817. The van der Waals surface area contributed by atoms with E-state index in [0.29, 0.717) is 0 Å². The Morgan fingerprint density at radius 3 is 0.872 bits per heavy atom. The van der Waals surface area contributed by atoms with Crippen molar-refractivity contribution in [3.8, 4) is 56.1 Å². The van der Waals surface area contributed by atoms with Crippen molar-refractivity contribution in [2.75, 3.05) is 0 Å². The summed E-state index contributed by atoms with van der Waals surface area (Å²) in [6, 6.07) is 98.5. The molecule has 17 aromatic rings. The molecule has 0 saturated carbocycles. The van der Waals surface area contributed by atoms with Crippen LogP contribution >= 0.6 is 22.7 Å². The predicted octanol–water partition coefficient (Wildman–Crippen LogP) is 20.4. The molecule has 0 atom stereocenters. The van der Waals surface area contributed by atoms with Crippen molar-refractivity contribution in [1.29, 1.82) is 0 Å². The first-order chi connectivity index (χ1) is 38.7.